The van der Waals surface area contributed by atoms with Crippen LogP contribution < -0.4 is 0 Å². The lowest BCUT2D eigenvalue weighted by atomic mass is 10.1. The molecule has 1 fully saturated rings. The Morgan fingerprint density at radius 3 is 1.71 bits per heavy atom. The molecule has 5 atom stereocenters. The quantitative estimate of drug-likeness (QED) is 0.199. The molecular formula is C33H28O8S. The number of carbonyl (C=O) groups excluding carboxylic acids is 3. The fourth-order valence-corrected chi connectivity index (χ4v) is 5.50. The summed E-state index contributed by atoms with van der Waals surface area (Å²) in [4.78, 5) is 39.6. The van der Waals surface area contributed by atoms with E-state index >= 15 is 0 Å². The third kappa shape index (κ3) is 7.25. The SMILES string of the molecule is O=C(OC[C@@H](OC(=O)c1ccccc1)[C@@H]1O[C@@H](Sc2ccccc2)[C@H](OC(=O)c2ccccc2)[C@H]1O)c1ccccc1. The second kappa shape index (κ2) is 14.0. The normalized spacial score (nSPS) is 20.3. The highest BCUT2D eigenvalue weighted by molar-refractivity contribution is 7.99. The molecule has 0 unspecified atom stereocenters. The van der Waals surface area contributed by atoms with E-state index < -0.39 is 54.4 Å². The van der Waals surface area contributed by atoms with E-state index in [1.807, 2.05) is 30.3 Å². The molecule has 9 heteroatoms. The first-order chi connectivity index (χ1) is 20.5. The Hall–Kier alpha value is -4.44. The van der Waals surface area contributed by atoms with Crippen LogP contribution in [0.25, 0.3) is 0 Å². The number of hydrogen-bond acceptors (Lipinski definition) is 9. The molecule has 0 saturated carbocycles. The topological polar surface area (TPSA) is 108 Å². The summed E-state index contributed by atoms with van der Waals surface area (Å²) in [7, 11) is 0. The molecule has 0 bridgehead atoms. The zero-order valence-electron chi connectivity index (χ0n) is 22.4. The van der Waals surface area contributed by atoms with Crippen molar-refractivity contribution in [3.63, 3.8) is 0 Å². The summed E-state index contributed by atoms with van der Waals surface area (Å²) >= 11 is 1.25. The van der Waals surface area contributed by atoms with Crippen LogP contribution in [0.3, 0.4) is 0 Å². The largest absolute Gasteiger partial charge is 0.458 e. The summed E-state index contributed by atoms with van der Waals surface area (Å²) in [6, 6.07) is 34.3. The average Bonchev–Trinajstić information content (AvgIpc) is 3.34. The number of ether oxygens (including phenoxy) is 4. The van der Waals surface area contributed by atoms with Crippen LogP contribution in [0.4, 0.5) is 0 Å². The molecule has 0 aliphatic carbocycles. The van der Waals surface area contributed by atoms with Crippen LogP contribution in [0.2, 0.25) is 0 Å². The van der Waals surface area contributed by atoms with Crippen LogP contribution in [0.15, 0.2) is 126 Å². The minimum absolute atomic E-state index is 0.270. The van der Waals surface area contributed by atoms with Crippen molar-refractivity contribution >= 4 is 29.7 Å². The predicted octanol–water partition coefficient (Wildman–Crippen LogP) is 5.17. The highest BCUT2D eigenvalue weighted by atomic mass is 32.2. The zero-order chi connectivity index (χ0) is 29.3. The first-order valence-corrected chi connectivity index (χ1v) is 14.2. The van der Waals surface area contributed by atoms with Gasteiger partial charge in [-0.15, -0.1) is 0 Å². The van der Waals surface area contributed by atoms with Crippen LogP contribution in [-0.2, 0) is 18.9 Å². The minimum Gasteiger partial charge on any atom is -0.458 e. The van der Waals surface area contributed by atoms with Gasteiger partial charge in [-0.2, -0.15) is 0 Å². The van der Waals surface area contributed by atoms with E-state index in [0.29, 0.717) is 11.1 Å². The fourth-order valence-electron chi connectivity index (χ4n) is 4.38. The third-order valence-corrected chi connectivity index (χ3v) is 7.66. The monoisotopic (exact) mass is 584 g/mol. The van der Waals surface area contributed by atoms with Crippen LogP contribution in [0, 0.1) is 0 Å². The fraction of sp³-hybridized carbons (Fsp3) is 0.182. The number of aliphatic hydroxyl groups is 1. The van der Waals surface area contributed by atoms with Gasteiger partial charge in [0.25, 0.3) is 0 Å². The Balaban J connectivity index is 1.40. The molecule has 0 radical (unpaired) electrons. The molecule has 214 valence electrons. The lowest BCUT2D eigenvalue weighted by molar-refractivity contribution is -0.0852. The second-order valence-electron chi connectivity index (χ2n) is 9.40. The second-order valence-corrected chi connectivity index (χ2v) is 10.6. The smallest absolute Gasteiger partial charge is 0.338 e. The summed E-state index contributed by atoms with van der Waals surface area (Å²) in [5, 5.41) is 11.5. The van der Waals surface area contributed by atoms with Crippen molar-refractivity contribution in [3.8, 4) is 0 Å². The van der Waals surface area contributed by atoms with Crippen LogP contribution in [-0.4, -0.2) is 59.5 Å². The van der Waals surface area contributed by atoms with Gasteiger partial charge < -0.3 is 24.1 Å². The molecule has 0 amide bonds. The molecule has 1 N–H and O–H groups in total. The molecule has 4 aromatic rings. The summed E-state index contributed by atoms with van der Waals surface area (Å²) in [5.41, 5.74) is 0.0283. The molecule has 1 aliphatic rings. The minimum atomic E-state index is -1.41. The van der Waals surface area contributed by atoms with Crippen LogP contribution in [0.5, 0.6) is 0 Å². The van der Waals surface area contributed by atoms with Crippen molar-refractivity contribution in [3.05, 3.63) is 138 Å². The molecule has 4 aromatic carbocycles. The number of benzene rings is 4. The van der Waals surface area contributed by atoms with Gasteiger partial charge in [-0.1, -0.05) is 84.6 Å². The Labute approximate surface area is 247 Å². The van der Waals surface area contributed by atoms with Gasteiger partial charge in [0, 0.05) is 4.90 Å². The molecule has 1 heterocycles. The van der Waals surface area contributed by atoms with E-state index in [4.69, 9.17) is 18.9 Å². The van der Waals surface area contributed by atoms with Crippen molar-refractivity contribution in [1.29, 1.82) is 0 Å². The molecule has 1 aliphatic heterocycles. The number of hydrogen-bond donors (Lipinski definition) is 1. The van der Waals surface area contributed by atoms with Crippen LogP contribution in [0.1, 0.15) is 31.1 Å². The lowest BCUT2D eigenvalue weighted by Crippen LogP contribution is -2.45. The van der Waals surface area contributed by atoms with Gasteiger partial charge in [0.2, 0.25) is 0 Å². The van der Waals surface area contributed by atoms with Crippen molar-refractivity contribution in [2.45, 2.75) is 34.7 Å². The maximum atomic E-state index is 13.1. The number of aliphatic hydroxyl groups excluding tert-OH is 1. The Kier molecular flexibility index (Phi) is 9.66. The highest BCUT2D eigenvalue weighted by Crippen LogP contribution is 2.38. The molecule has 8 nitrogen and oxygen atoms in total. The van der Waals surface area contributed by atoms with E-state index in [1.54, 1.807) is 91.0 Å². The molecular weight excluding hydrogens is 556 g/mol. The van der Waals surface area contributed by atoms with Crippen molar-refractivity contribution < 1.29 is 38.4 Å². The van der Waals surface area contributed by atoms with E-state index in [-0.39, 0.29) is 5.56 Å². The van der Waals surface area contributed by atoms with E-state index in [0.717, 1.165) is 4.90 Å². The van der Waals surface area contributed by atoms with Gasteiger partial charge in [0.1, 0.15) is 24.3 Å². The van der Waals surface area contributed by atoms with Crippen LogP contribution >= 0.6 is 11.8 Å². The summed E-state index contributed by atoms with van der Waals surface area (Å²) in [6.07, 6.45) is -4.95. The van der Waals surface area contributed by atoms with Gasteiger partial charge in [-0.05, 0) is 48.5 Å². The molecule has 5 rings (SSSR count). The van der Waals surface area contributed by atoms with Crippen molar-refractivity contribution in [2.75, 3.05) is 6.61 Å². The van der Waals surface area contributed by atoms with E-state index in [9.17, 15) is 19.5 Å². The maximum Gasteiger partial charge on any atom is 0.338 e. The van der Waals surface area contributed by atoms with Gasteiger partial charge >= 0.3 is 17.9 Å². The molecule has 1 saturated heterocycles. The summed E-state index contributed by atoms with van der Waals surface area (Å²) in [5.74, 6) is -1.97. The highest BCUT2D eigenvalue weighted by Gasteiger charge is 2.51. The number of rotatable bonds is 10. The lowest BCUT2D eigenvalue weighted by Gasteiger charge is -2.26. The number of esters is 3. The number of carbonyl (C=O) groups is 3. The first kappa shape index (κ1) is 29.1. The van der Waals surface area contributed by atoms with Gasteiger partial charge in [-0.25, -0.2) is 14.4 Å². The Morgan fingerprint density at radius 2 is 1.17 bits per heavy atom. The van der Waals surface area contributed by atoms with Crippen molar-refractivity contribution in [2.24, 2.45) is 0 Å². The van der Waals surface area contributed by atoms with E-state index in [2.05, 4.69) is 0 Å². The molecule has 0 spiro atoms. The van der Waals surface area contributed by atoms with Gasteiger partial charge in [0.05, 0.1) is 16.7 Å². The maximum absolute atomic E-state index is 13.1. The Bertz CT molecular complexity index is 1470. The van der Waals surface area contributed by atoms with Crippen molar-refractivity contribution in [1.82, 2.24) is 0 Å². The summed E-state index contributed by atoms with van der Waals surface area (Å²) < 4.78 is 23.3. The Morgan fingerprint density at radius 1 is 0.690 bits per heavy atom. The molecule has 42 heavy (non-hydrogen) atoms. The standard InChI is InChI=1S/C33H28O8S/c34-27-28(26(39-31(36)23-15-7-2-8-16-23)21-38-30(35)22-13-5-1-6-14-22)41-33(42-25-19-11-4-12-20-25)29(27)40-32(37)24-17-9-3-10-18-24/h1-20,26-29,33-34H,21H2/t26-,27+,28+,29-,33+/m1/s1. The van der Waals surface area contributed by atoms with E-state index in [1.165, 1.54) is 11.8 Å². The first-order valence-electron chi connectivity index (χ1n) is 13.3. The van der Waals surface area contributed by atoms with Gasteiger partial charge in [0.15, 0.2) is 12.2 Å². The predicted molar refractivity (Wildman–Crippen MR) is 155 cm³/mol. The summed E-state index contributed by atoms with van der Waals surface area (Å²) in [6.45, 7) is -0.407. The number of thioether (sulfide) groups is 1. The third-order valence-electron chi connectivity index (χ3n) is 6.50. The molecule has 0 aromatic heterocycles. The zero-order valence-corrected chi connectivity index (χ0v) is 23.2. The average molecular weight is 585 g/mol. The van der Waals surface area contributed by atoms with Gasteiger partial charge in [-0.3, -0.25) is 0 Å².